The monoisotopic (exact) mass is 380 g/mol. The van der Waals surface area contributed by atoms with E-state index < -0.39 is 17.8 Å². The van der Waals surface area contributed by atoms with E-state index in [9.17, 15) is 14.4 Å². The molecule has 3 rings (SSSR count). The minimum Gasteiger partial charge on any atom is -0.455 e. The first-order chi connectivity index (χ1) is 13.5. The van der Waals surface area contributed by atoms with Crippen LogP contribution in [0.25, 0.3) is 0 Å². The summed E-state index contributed by atoms with van der Waals surface area (Å²) in [6, 6.07) is 15.1. The molecule has 1 saturated heterocycles. The van der Waals surface area contributed by atoms with E-state index in [-0.39, 0.29) is 25.5 Å². The van der Waals surface area contributed by atoms with Crippen molar-refractivity contribution in [3.05, 3.63) is 59.7 Å². The Hall–Kier alpha value is -3.15. The molecular weight excluding hydrogens is 356 g/mol. The highest BCUT2D eigenvalue weighted by molar-refractivity contribution is 6.00. The molecule has 1 aliphatic rings. The zero-order valence-corrected chi connectivity index (χ0v) is 16.1. The van der Waals surface area contributed by atoms with Crippen molar-refractivity contribution >= 4 is 29.2 Å². The molecular formula is C22H24N2O4. The summed E-state index contributed by atoms with van der Waals surface area (Å²) in [6.07, 6.45) is 1.01. The van der Waals surface area contributed by atoms with Gasteiger partial charge in [-0.05, 0) is 43.2 Å². The number of hydrogen-bond acceptors (Lipinski definition) is 4. The lowest BCUT2D eigenvalue weighted by Gasteiger charge is -2.16. The fourth-order valence-electron chi connectivity index (χ4n) is 3.12. The van der Waals surface area contributed by atoms with Crippen LogP contribution in [0, 0.1) is 12.8 Å². The Morgan fingerprint density at radius 2 is 1.79 bits per heavy atom. The van der Waals surface area contributed by atoms with Gasteiger partial charge in [-0.1, -0.05) is 36.8 Å². The fourth-order valence-corrected chi connectivity index (χ4v) is 3.12. The lowest BCUT2D eigenvalue weighted by Crippen LogP contribution is -2.28. The summed E-state index contributed by atoms with van der Waals surface area (Å²) in [5, 5.41) is 2.69. The van der Waals surface area contributed by atoms with E-state index in [0.717, 1.165) is 17.7 Å². The summed E-state index contributed by atoms with van der Waals surface area (Å²) >= 11 is 0. The smallest absolute Gasteiger partial charge is 0.311 e. The number of carbonyl (C=O) groups is 3. The first-order valence-corrected chi connectivity index (χ1v) is 9.38. The molecule has 2 aromatic rings. The Balaban J connectivity index is 1.49. The summed E-state index contributed by atoms with van der Waals surface area (Å²) in [6.45, 7) is 3.92. The van der Waals surface area contributed by atoms with E-state index in [1.165, 1.54) is 5.56 Å². The average Bonchev–Trinajstić information content (AvgIpc) is 3.09. The standard InChI is InChI=1S/C22H24N2O4/c1-3-16-6-8-18(9-7-16)23-20(25)14-28-22(27)17-12-21(26)24(13-17)19-10-4-15(2)5-11-19/h4-11,17H,3,12-14H2,1-2H3,(H,23,25). The van der Waals surface area contributed by atoms with Gasteiger partial charge in [0.15, 0.2) is 6.61 Å². The molecule has 0 spiro atoms. The Morgan fingerprint density at radius 1 is 1.11 bits per heavy atom. The van der Waals surface area contributed by atoms with E-state index in [0.29, 0.717) is 5.69 Å². The van der Waals surface area contributed by atoms with Gasteiger partial charge in [0.25, 0.3) is 5.91 Å². The molecule has 6 heteroatoms. The van der Waals surface area contributed by atoms with Crippen LogP contribution in [-0.2, 0) is 25.5 Å². The molecule has 0 aromatic heterocycles. The van der Waals surface area contributed by atoms with Gasteiger partial charge in [0.1, 0.15) is 0 Å². The van der Waals surface area contributed by atoms with E-state index in [2.05, 4.69) is 12.2 Å². The summed E-state index contributed by atoms with van der Waals surface area (Å²) in [7, 11) is 0. The van der Waals surface area contributed by atoms with Crippen LogP contribution in [0.15, 0.2) is 48.5 Å². The summed E-state index contributed by atoms with van der Waals surface area (Å²) in [5.41, 5.74) is 3.69. The molecule has 1 aliphatic heterocycles. The second-order valence-electron chi connectivity index (χ2n) is 6.95. The van der Waals surface area contributed by atoms with Gasteiger partial charge in [0.2, 0.25) is 5.91 Å². The van der Waals surface area contributed by atoms with E-state index in [1.54, 1.807) is 4.90 Å². The third-order valence-electron chi connectivity index (χ3n) is 4.80. The van der Waals surface area contributed by atoms with Gasteiger partial charge in [-0.2, -0.15) is 0 Å². The lowest BCUT2D eigenvalue weighted by atomic mass is 10.1. The number of benzene rings is 2. The highest BCUT2D eigenvalue weighted by Crippen LogP contribution is 2.26. The Bertz CT molecular complexity index is 859. The number of aryl methyl sites for hydroxylation is 2. The molecule has 0 saturated carbocycles. The van der Waals surface area contributed by atoms with Crippen molar-refractivity contribution in [3.8, 4) is 0 Å². The van der Waals surface area contributed by atoms with Crippen molar-refractivity contribution in [2.45, 2.75) is 26.7 Å². The molecule has 146 valence electrons. The molecule has 1 atom stereocenters. The second-order valence-corrected chi connectivity index (χ2v) is 6.95. The predicted molar refractivity (Wildman–Crippen MR) is 107 cm³/mol. The number of ether oxygens (including phenoxy) is 1. The normalized spacial score (nSPS) is 16.1. The topological polar surface area (TPSA) is 75.7 Å². The van der Waals surface area contributed by atoms with Gasteiger partial charge in [0.05, 0.1) is 5.92 Å². The highest BCUT2D eigenvalue weighted by Gasteiger charge is 2.36. The molecule has 1 heterocycles. The second kappa shape index (κ2) is 8.69. The number of hydrogen-bond donors (Lipinski definition) is 1. The number of anilines is 2. The molecule has 0 aliphatic carbocycles. The number of carbonyl (C=O) groups excluding carboxylic acids is 3. The molecule has 0 radical (unpaired) electrons. The van der Waals surface area contributed by atoms with Crippen LogP contribution in [0.2, 0.25) is 0 Å². The van der Waals surface area contributed by atoms with Crippen LogP contribution in [0.1, 0.15) is 24.5 Å². The molecule has 1 unspecified atom stereocenters. The maximum absolute atomic E-state index is 12.3. The van der Waals surface area contributed by atoms with Crippen LogP contribution in [-0.4, -0.2) is 30.9 Å². The molecule has 2 aromatic carbocycles. The van der Waals surface area contributed by atoms with Crippen LogP contribution in [0.3, 0.4) is 0 Å². The zero-order chi connectivity index (χ0) is 20.1. The molecule has 2 amide bonds. The van der Waals surface area contributed by atoms with Crippen molar-refractivity contribution in [1.82, 2.24) is 0 Å². The van der Waals surface area contributed by atoms with Gasteiger partial charge in [-0.15, -0.1) is 0 Å². The predicted octanol–water partition coefficient (Wildman–Crippen LogP) is 3.09. The lowest BCUT2D eigenvalue weighted by molar-refractivity contribution is -0.151. The number of rotatable bonds is 6. The van der Waals surface area contributed by atoms with Gasteiger partial charge in [0, 0.05) is 24.3 Å². The van der Waals surface area contributed by atoms with E-state index in [1.807, 2.05) is 55.5 Å². The van der Waals surface area contributed by atoms with Crippen LogP contribution < -0.4 is 10.2 Å². The first-order valence-electron chi connectivity index (χ1n) is 9.38. The van der Waals surface area contributed by atoms with Gasteiger partial charge in [-0.25, -0.2) is 0 Å². The van der Waals surface area contributed by atoms with Gasteiger partial charge < -0.3 is 15.0 Å². The average molecular weight is 380 g/mol. The van der Waals surface area contributed by atoms with Gasteiger partial charge in [-0.3, -0.25) is 14.4 Å². The fraction of sp³-hybridized carbons (Fsp3) is 0.318. The van der Waals surface area contributed by atoms with Crippen molar-refractivity contribution in [2.75, 3.05) is 23.4 Å². The Kier molecular flexibility index (Phi) is 6.09. The van der Waals surface area contributed by atoms with Gasteiger partial charge >= 0.3 is 5.97 Å². The third kappa shape index (κ3) is 4.76. The number of nitrogens with one attached hydrogen (secondary N) is 1. The Labute approximate surface area is 164 Å². The third-order valence-corrected chi connectivity index (χ3v) is 4.80. The van der Waals surface area contributed by atoms with E-state index >= 15 is 0 Å². The number of nitrogens with zero attached hydrogens (tertiary/aromatic N) is 1. The number of esters is 1. The van der Waals surface area contributed by atoms with Crippen molar-refractivity contribution < 1.29 is 19.1 Å². The minimum atomic E-state index is -0.564. The Morgan fingerprint density at radius 3 is 2.43 bits per heavy atom. The van der Waals surface area contributed by atoms with Crippen molar-refractivity contribution in [2.24, 2.45) is 5.92 Å². The van der Waals surface area contributed by atoms with Crippen molar-refractivity contribution in [3.63, 3.8) is 0 Å². The molecule has 6 nitrogen and oxygen atoms in total. The largest absolute Gasteiger partial charge is 0.455 e. The van der Waals surface area contributed by atoms with Crippen LogP contribution >= 0.6 is 0 Å². The SMILES string of the molecule is CCc1ccc(NC(=O)COC(=O)C2CC(=O)N(c3ccc(C)cc3)C2)cc1. The maximum Gasteiger partial charge on any atom is 0.311 e. The summed E-state index contributed by atoms with van der Waals surface area (Å²) in [4.78, 5) is 38.1. The highest BCUT2D eigenvalue weighted by atomic mass is 16.5. The maximum atomic E-state index is 12.3. The molecule has 1 fully saturated rings. The molecule has 1 N–H and O–H groups in total. The van der Waals surface area contributed by atoms with Crippen LogP contribution in [0.5, 0.6) is 0 Å². The minimum absolute atomic E-state index is 0.0901. The number of amides is 2. The van der Waals surface area contributed by atoms with E-state index in [4.69, 9.17) is 4.74 Å². The first kappa shape index (κ1) is 19.6. The summed E-state index contributed by atoms with van der Waals surface area (Å²) < 4.78 is 5.13. The molecule has 28 heavy (non-hydrogen) atoms. The molecule has 0 bridgehead atoms. The summed E-state index contributed by atoms with van der Waals surface area (Å²) in [5.74, 6) is -1.62. The quantitative estimate of drug-likeness (QED) is 0.782. The van der Waals surface area contributed by atoms with Crippen molar-refractivity contribution in [1.29, 1.82) is 0 Å². The van der Waals surface area contributed by atoms with Crippen LogP contribution in [0.4, 0.5) is 11.4 Å². The zero-order valence-electron chi connectivity index (χ0n) is 16.1.